The van der Waals surface area contributed by atoms with Gasteiger partial charge in [-0.25, -0.2) is 0 Å². The number of rotatable bonds is 4. The summed E-state index contributed by atoms with van der Waals surface area (Å²) in [6.45, 7) is 4.43. The summed E-state index contributed by atoms with van der Waals surface area (Å²) in [4.78, 5) is 16.2. The first kappa shape index (κ1) is 14.3. The summed E-state index contributed by atoms with van der Waals surface area (Å²) in [5.41, 5.74) is 1.96. The molecule has 2 rings (SSSR count). The molecule has 3 nitrogen and oxygen atoms in total. The number of nitrogens with zero attached hydrogens (tertiary/aromatic N) is 2. The van der Waals surface area contributed by atoms with Gasteiger partial charge < -0.3 is 4.90 Å². The van der Waals surface area contributed by atoms with E-state index in [1.54, 1.807) is 4.90 Å². The van der Waals surface area contributed by atoms with Gasteiger partial charge in [0.25, 0.3) is 5.91 Å². The van der Waals surface area contributed by atoms with Crippen molar-refractivity contribution in [3.8, 4) is 6.07 Å². The fraction of sp³-hybridized carbons (Fsp3) is 0.250. The average Bonchev–Trinajstić information content (AvgIpc) is 2.80. The second kappa shape index (κ2) is 6.36. The number of benzene rings is 1. The molecule has 0 unspecified atom stereocenters. The van der Waals surface area contributed by atoms with Gasteiger partial charge in [0.05, 0.1) is 17.4 Å². The number of amides is 1. The molecule has 0 N–H and O–H groups in total. The first-order valence-corrected chi connectivity index (χ1v) is 7.26. The molecular weight excluding hydrogens is 268 g/mol. The fourth-order valence-corrected chi connectivity index (χ4v) is 2.91. The van der Waals surface area contributed by atoms with Gasteiger partial charge in [0, 0.05) is 17.1 Å². The number of thiophene rings is 1. The SMILES string of the molecule is Cc1cc(C(=O)N(CCC#N)c2ccccc2)sc1C. The van der Waals surface area contributed by atoms with Crippen molar-refractivity contribution >= 4 is 22.9 Å². The molecular formula is C16H16N2OS. The van der Waals surface area contributed by atoms with E-state index in [0.717, 1.165) is 21.0 Å². The number of carbonyl (C=O) groups is 1. The fourth-order valence-electron chi connectivity index (χ4n) is 1.93. The number of carbonyl (C=O) groups excluding carboxylic acids is 1. The van der Waals surface area contributed by atoms with Crippen molar-refractivity contribution in [2.75, 3.05) is 11.4 Å². The number of anilines is 1. The van der Waals surface area contributed by atoms with Crippen LogP contribution in [-0.2, 0) is 0 Å². The largest absolute Gasteiger partial charge is 0.307 e. The third-order valence-corrected chi connectivity index (χ3v) is 4.28. The Kier molecular flexibility index (Phi) is 4.54. The van der Waals surface area contributed by atoms with Gasteiger partial charge in [-0.3, -0.25) is 4.79 Å². The lowest BCUT2D eigenvalue weighted by Crippen LogP contribution is -2.31. The smallest absolute Gasteiger partial charge is 0.268 e. The molecule has 1 heterocycles. The summed E-state index contributed by atoms with van der Waals surface area (Å²) >= 11 is 1.50. The third kappa shape index (κ3) is 3.06. The number of hydrogen-bond acceptors (Lipinski definition) is 3. The van der Waals surface area contributed by atoms with E-state index in [1.807, 2.05) is 50.2 Å². The van der Waals surface area contributed by atoms with Crippen molar-refractivity contribution < 1.29 is 4.79 Å². The first-order chi connectivity index (χ1) is 9.63. The highest BCUT2D eigenvalue weighted by molar-refractivity contribution is 7.14. The summed E-state index contributed by atoms with van der Waals surface area (Å²) in [6.07, 6.45) is 0.323. The second-order valence-electron chi connectivity index (χ2n) is 4.55. The summed E-state index contributed by atoms with van der Waals surface area (Å²) in [6, 6.07) is 13.5. The van der Waals surface area contributed by atoms with E-state index in [4.69, 9.17) is 5.26 Å². The summed E-state index contributed by atoms with van der Waals surface area (Å²) < 4.78 is 0. The first-order valence-electron chi connectivity index (χ1n) is 6.44. The number of aryl methyl sites for hydroxylation is 2. The normalized spacial score (nSPS) is 10.1. The lowest BCUT2D eigenvalue weighted by molar-refractivity contribution is 0.0991. The zero-order valence-corrected chi connectivity index (χ0v) is 12.4. The summed E-state index contributed by atoms with van der Waals surface area (Å²) in [5, 5.41) is 8.78. The van der Waals surface area contributed by atoms with E-state index in [-0.39, 0.29) is 5.91 Å². The molecule has 102 valence electrons. The summed E-state index contributed by atoms with van der Waals surface area (Å²) in [5.74, 6) is -0.0346. The third-order valence-electron chi connectivity index (χ3n) is 3.14. The van der Waals surface area contributed by atoms with Crippen LogP contribution in [0.1, 0.15) is 26.5 Å². The van der Waals surface area contributed by atoms with Crippen LogP contribution < -0.4 is 4.90 Å². The van der Waals surface area contributed by atoms with Crippen LogP contribution in [0.25, 0.3) is 0 Å². The van der Waals surface area contributed by atoms with E-state index < -0.39 is 0 Å². The highest BCUT2D eigenvalue weighted by Gasteiger charge is 2.19. The van der Waals surface area contributed by atoms with Gasteiger partial charge in [-0.2, -0.15) is 5.26 Å². The minimum Gasteiger partial charge on any atom is -0.307 e. The Morgan fingerprint density at radius 1 is 1.30 bits per heavy atom. The minimum absolute atomic E-state index is 0.0346. The van der Waals surface area contributed by atoms with Crippen LogP contribution in [0, 0.1) is 25.2 Å². The maximum Gasteiger partial charge on any atom is 0.268 e. The molecule has 1 amide bonds. The van der Waals surface area contributed by atoms with Gasteiger partial charge in [-0.1, -0.05) is 18.2 Å². The van der Waals surface area contributed by atoms with Crippen molar-refractivity contribution in [2.45, 2.75) is 20.3 Å². The molecule has 0 saturated carbocycles. The molecule has 1 aromatic carbocycles. The quantitative estimate of drug-likeness (QED) is 0.854. The zero-order valence-electron chi connectivity index (χ0n) is 11.6. The second-order valence-corrected chi connectivity index (χ2v) is 5.81. The molecule has 0 aliphatic carbocycles. The lowest BCUT2D eigenvalue weighted by Gasteiger charge is -2.21. The molecule has 0 aliphatic rings. The minimum atomic E-state index is -0.0346. The predicted octanol–water partition coefficient (Wildman–Crippen LogP) is 3.93. The van der Waals surface area contributed by atoms with Gasteiger partial charge in [0.1, 0.15) is 0 Å². The number of para-hydroxylation sites is 1. The molecule has 0 aliphatic heterocycles. The average molecular weight is 284 g/mol. The Bertz CT molecular complexity index is 621. The Balaban J connectivity index is 2.31. The molecule has 0 bridgehead atoms. The standard InChI is InChI=1S/C16H16N2OS/c1-12-11-15(20-13(12)2)16(19)18(10-6-9-17)14-7-4-3-5-8-14/h3-5,7-8,11H,6,10H2,1-2H3. The van der Waals surface area contributed by atoms with Crippen LogP contribution in [0.15, 0.2) is 36.4 Å². The molecule has 0 radical (unpaired) electrons. The van der Waals surface area contributed by atoms with Gasteiger partial charge in [0.2, 0.25) is 0 Å². The topological polar surface area (TPSA) is 44.1 Å². The van der Waals surface area contributed by atoms with E-state index in [2.05, 4.69) is 6.07 Å². The molecule has 2 aromatic rings. The van der Waals surface area contributed by atoms with E-state index in [0.29, 0.717) is 13.0 Å². The molecule has 1 aromatic heterocycles. The Morgan fingerprint density at radius 2 is 2.00 bits per heavy atom. The Hall–Kier alpha value is -2.12. The predicted molar refractivity (Wildman–Crippen MR) is 82.1 cm³/mol. The molecule has 0 spiro atoms. The monoisotopic (exact) mass is 284 g/mol. The van der Waals surface area contributed by atoms with Crippen molar-refractivity contribution in [1.82, 2.24) is 0 Å². The molecule has 4 heteroatoms. The maximum absolute atomic E-state index is 12.6. The Morgan fingerprint density at radius 3 is 2.55 bits per heavy atom. The van der Waals surface area contributed by atoms with E-state index in [9.17, 15) is 4.79 Å². The highest BCUT2D eigenvalue weighted by Crippen LogP contribution is 2.24. The van der Waals surface area contributed by atoms with Crippen LogP contribution in [0.5, 0.6) is 0 Å². The highest BCUT2D eigenvalue weighted by atomic mass is 32.1. The van der Waals surface area contributed by atoms with Crippen LogP contribution in [-0.4, -0.2) is 12.5 Å². The van der Waals surface area contributed by atoms with Crippen LogP contribution in [0.4, 0.5) is 5.69 Å². The molecule has 0 atom stereocenters. The van der Waals surface area contributed by atoms with Crippen molar-refractivity contribution in [3.05, 3.63) is 51.7 Å². The van der Waals surface area contributed by atoms with E-state index >= 15 is 0 Å². The van der Waals surface area contributed by atoms with Gasteiger partial charge in [-0.15, -0.1) is 11.3 Å². The van der Waals surface area contributed by atoms with Crippen LogP contribution in [0.3, 0.4) is 0 Å². The zero-order chi connectivity index (χ0) is 14.5. The van der Waals surface area contributed by atoms with Crippen LogP contribution in [0.2, 0.25) is 0 Å². The number of hydrogen-bond donors (Lipinski definition) is 0. The van der Waals surface area contributed by atoms with Crippen molar-refractivity contribution in [3.63, 3.8) is 0 Å². The Labute approximate surface area is 123 Å². The number of nitriles is 1. The van der Waals surface area contributed by atoms with Crippen LogP contribution >= 0.6 is 11.3 Å². The summed E-state index contributed by atoms with van der Waals surface area (Å²) in [7, 11) is 0. The molecule has 0 saturated heterocycles. The van der Waals surface area contributed by atoms with E-state index in [1.165, 1.54) is 11.3 Å². The molecule has 20 heavy (non-hydrogen) atoms. The van der Waals surface area contributed by atoms with Gasteiger partial charge >= 0.3 is 0 Å². The van der Waals surface area contributed by atoms with Crippen molar-refractivity contribution in [2.24, 2.45) is 0 Å². The maximum atomic E-state index is 12.6. The van der Waals surface area contributed by atoms with Gasteiger partial charge in [-0.05, 0) is 37.6 Å². The van der Waals surface area contributed by atoms with Gasteiger partial charge in [0.15, 0.2) is 0 Å². The van der Waals surface area contributed by atoms with Crippen molar-refractivity contribution in [1.29, 1.82) is 5.26 Å². The lowest BCUT2D eigenvalue weighted by atomic mass is 10.2. The molecule has 0 fully saturated rings.